The number of urea groups is 1. The van der Waals surface area contributed by atoms with E-state index in [0.717, 1.165) is 0 Å². The van der Waals surface area contributed by atoms with Gasteiger partial charge in [-0.3, -0.25) is 14.7 Å². The molecule has 0 atom stereocenters. The predicted octanol–water partition coefficient (Wildman–Crippen LogP) is 3.10. The van der Waals surface area contributed by atoms with E-state index in [9.17, 15) is 9.59 Å². The molecule has 7 nitrogen and oxygen atoms in total. The van der Waals surface area contributed by atoms with Crippen molar-refractivity contribution >= 4 is 23.3 Å². The van der Waals surface area contributed by atoms with Crippen LogP contribution in [0.4, 0.5) is 16.2 Å². The average Bonchev–Trinajstić information content (AvgIpc) is 2.61. The minimum Gasteiger partial charge on any atom is -0.495 e. The molecule has 0 aliphatic heterocycles. The number of benzene rings is 1. The van der Waals surface area contributed by atoms with Gasteiger partial charge in [0.2, 0.25) is 0 Å². The molecule has 1 heterocycles. The van der Waals surface area contributed by atoms with Gasteiger partial charge in [0.05, 0.1) is 18.5 Å². The van der Waals surface area contributed by atoms with Gasteiger partial charge in [0.1, 0.15) is 11.4 Å². The molecule has 0 saturated carbocycles. The Bertz CT molecular complexity index is 799. The van der Waals surface area contributed by atoms with E-state index in [-0.39, 0.29) is 17.6 Å². The highest BCUT2D eigenvalue weighted by Gasteiger charge is 2.23. The second kappa shape index (κ2) is 7.86. The summed E-state index contributed by atoms with van der Waals surface area (Å²) in [4.78, 5) is 30.5. The molecule has 2 rings (SSSR count). The second-order valence-electron chi connectivity index (χ2n) is 6.67. The molecule has 0 fully saturated rings. The van der Waals surface area contributed by atoms with Gasteiger partial charge in [-0.15, -0.1) is 0 Å². The van der Waals surface area contributed by atoms with E-state index in [0.29, 0.717) is 17.1 Å². The van der Waals surface area contributed by atoms with Crippen LogP contribution in [0.1, 0.15) is 31.3 Å². The number of carbonyl (C=O) groups excluding carboxylic acids is 2. The molecule has 0 unspecified atom stereocenters. The van der Waals surface area contributed by atoms with Gasteiger partial charge >= 0.3 is 6.03 Å². The van der Waals surface area contributed by atoms with Gasteiger partial charge in [0, 0.05) is 18.8 Å². The largest absolute Gasteiger partial charge is 0.495 e. The highest BCUT2D eigenvalue weighted by atomic mass is 16.5. The van der Waals surface area contributed by atoms with Crippen LogP contribution in [0.5, 0.6) is 5.75 Å². The Balaban J connectivity index is 2.49. The third-order valence-corrected chi connectivity index (χ3v) is 3.47. The predicted molar refractivity (Wildman–Crippen MR) is 101 cm³/mol. The van der Waals surface area contributed by atoms with Crippen molar-refractivity contribution in [1.29, 1.82) is 0 Å². The van der Waals surface area contributed by atoms with E-state index in [1.807, 2.05) is 32.9 Å². The van der Waals surface area contributed by atoms with Crippen LogP contribution < -0.4 is 20.3 Å². The van der Waals surface area contributed by atoms with E-state index in [4.69, 9.17) is 4.74 Å². The third-order valence-electron chi connectivity index (χ3n) is 3.47. The molecule has 0 aliphatic rings. The molecule has 7 heteroatoms. The molecule has 3 amide bonds. The molecule has 138 valence electrons. The molecular formula is C19H24N4O3. The van der Waals surface area contributed by atoms with Gasteiger partial charge < -0.3 is 15.4 Å². The van der Waals surface area contributed by atoms with Crippen molar-refractivity contribution in [2.45, 2.75) is 26.3 Å². The average molecular weight is 356 g/mol. The highest BCUT2D eigenvalue weighted by molar-refractivity contribution is 6.02. The first-order valence-electron chi connectivity index (χ1n) is 8.20. The van der Waals surface area contributed by atoms with Gasteiger partial charge in [-0.05, 0) is 45.0 Å². The van der Waals surface area contributed by atoms with Crippen LogP contribution in [0.3, 0.4) is 0 Å². The maximum Gasteiger partial charge on any atom is 0.326 e. The molecule has 2 N–H and O–H groups in total. The number of hydrogen-bond acceptors (Lipinski definition) is 4. The van der Waals surface area contributed by atoms with Crippen LogP contribution in [0, 0.1) is 0 Å². The zero-order valence-corrected chi connectivity index (χ0v) is 15.7. The molecule has 1 aromatic carbocycles. The zero-order chi connectivity index (χ0) is 19.3. The maximum absolute atomic E-state index is 12.5. The highest BCUT2D eigenvalue weighted by Crippen LogP contribution is 2.33. The van der Waals surface area contributed by atoms with E-state index >= 15 is 0 Å². The number of nitrogens with one attached hydrogen (secondary N) is 2. The van der Waals surface area contributed by atoms with Crippen molar-refractivity contribution in [2.75, 3.05) is 19.1 Å². The van der Waals surface area contributed by atoms with Crippen molar-refractivity contribution in [2.24, 2.45) is 0 Å². The van der Waals surface area contributed by atoms with Gasteiger partial charge in [-0.1, -0.05) is 12.1 Å². The van der Waals surface area contributed by atoms with E-state index in [2.05, 4.69) is 15.6 Å². The Morgan fingerprint density at radius 2 is 1.85 bits per heavy atom. The summed E-state index contributed by atoms with van der Waals surface area (Å²) in [5.41, 5.74) is 0.893. The number of hydrogen-bond donors (Lipinski definition) is 2. The van der Waals surface area contributed by atoms with Crippen molar-refractivity contribution in [1.82, 2.24) is 15.6 Å². The molecule has 0 aliphatic carbocycles. The first-order valence-corrected chi connectivity index (χ1v) is 8.20. The second-order valence-corrected chi connectivity index (χ2v) is 6.67. The summed E-state index contributed by atoms with van der Waals surface area (Å²) >= 11 is 0. The summed E-state index contributed by atoms with van der Waals surface area (Å²) < 4.78 is 5.37. The summed E-state index contributed by atoms with van der Waals surface area (Å²) in [5.74, 6) is 0.227. The number of nitrogens with zero attached hydrogens (tertiary/aromatic N) is 2. The molecule has 2 aromatic rings. The number of pyridine rings is 1. The summed E-state index contributed by atoms with van der Waals surface area (Å²) in [6.07, 6.45) is 1.50. The molecule has 26 heavy (non-hydrogen) atoms. The lowest BCUT2D eigenvalue weighted by Gasteiger charge is -2.25. The van der Waals surface area contributed by atoms with Crippen molar-refractivity contribution in [3.05, 3.63) is 48.3 Å². The van der Waals surface area contributed by atoms with E-state index in [1.165, 1.54) is 18.2 Å². The Kier molecular flexibility index (Phi) is 5.82. The minimum absolute atomic E-state index is 0.223. The van der Waals surface area contributed by atoms with Gasteiger partial charge in [-0.2, -0.15) is 0 Å². The lowest BCUT2D eigenvalue weighted by Crippen LogP contribution is -2.41. The number of ether oxygens (including phenoxy) is 1. The van der Waals surface area contributed by atoms with Crippen molar-refractivity contribution in [3.63, 3.8) is 0 Å². The van der Waals surface area contributed by atoms with Crippen molar-refractivity contribution < 1.29 is 14.3 Å². The van der Waals surface area contributed by atoms with Crippen LogP contribution in [0.2, 0.25) is 0 Å². The fourth-order valence-electron chi connectivity index (χ4n) is 2.38. The van der Waals surface area contributed by atoms with E-state index in [1.54, 1.807) is 31.3 Å². The van der Waals surface area contributed by atoms with Gasteiger partial charge in [0.15, 0.2) is 0 Å². The molecule has 0 saturated heterocycles. The van der Waals surface area contributed by atoms with Crippen LogP contribution in [0.15, 0.2) is 42.6 Å². The fourth-order valence-corrected chi connectivity index (χ4v) is 2.38. The summed E-state index contributed by atoms with van der Waals surface area (Å²) in [5, 5.41) is 5.47. The lowest BCUT2D eigenvalue weighted by atomic mass is 10.1. The van der Waals surface area contributed by atoms with Gasteiger partial charge in [-0.25, -0.2) is 4.79 Å². The Labute approximate surface area is 153 Å². The number of carbonyl (C=O) groups is 2. The standard InChI is InChI=1S/C19H24N4O3/c1-19(2,3)22-17(24)14-12-13(10-11-21-14)23(18(25)20-4)15-8-6-7-9-16(15)26-5/h6-12H,1-5H3,(H,20,25)(H,22,24). The number of methoxy groups -OCH3 is 1. The Morgan fingerprint density at radius 3 is 2.46 bits per heavy atom. The third kappa shape index (κ3) is 4.50. The summed E-state index contributed by atoms with van der Waals surface area (Å²) in [7, 11) is 3.08. The number of rotatable bonds is 4. The zero-order valence-electron chi connectivity index (χ0n) is 15.7. The molecule has 1 aromatic heterocycles. The molecule has 0 spiro atoms. The molecule has 0 radical (unpaired) electrons. The Morgan fingerprint density at radius 1 is 1.15 bits per heavy atom. The smallest absolute Gasteiger partial charge is 0.326 e. The number of amides is 3. The number of para-hydroxylation sites is 2. The lowest BCUT2D eigenvalue weighted by molar-refractivity contribution is 0.0914. The quantitative estimate of drug-likeness (QED) is 0.882. The summed E-state index contributed by atoms with van der Waals surface area (Å²) in [6, 6.07) is 10.0. The van der Waals surface area contributed by atoms with Crippen LogP contribution >= 0.6 is 0 Å². The molecule has 0 bridgehead atoms. The van der Waals surface area contributed by atoms with Gasteiger partial charge in [0.25, 0.3) is 5.91 Å². The van der Waals surface area contributed by atoms with Crippen molar-refractivity contribution in [3.8, 4) is 5.75 Å². The van der Waals surface area contributed by atoms with Crippen LogP contribution in [0.25, 0.3) is 0 Å². The first kappa shape index (κ1) is 19.2. The Hall–Kier alpha value is -3.09. The number of aromatic nitrogens is 1. The summed E-state index contributed by atoms with van der Waals surface area (Å²) in [6.45, 7) is 5.67. The SMILES string of the molecule is CNC(=O)N(c1ccnc(C(=O)NC(C)(C)C)c1)c1ccccc1OC. The van der Waals surface area contributed by atoms with Crippen LogP contribution in [-0.4, -0.2) is 36.6 Å². The maximum atomic E-state index is 12.5. The van der Waals surface area contributed by atoms with Crippen LogP contribution in [-0.2, 0) is 0 Å². The van der Waals surface area contributed by atoms with E-state index < -0.39 is 5.54 Å². The topological polar surface area (TPSA) is 83.6 Å². The molecular weight excluding hydrogens is 332 g/mol. The monoisotopic (exact) mass is 356 g/mol. The first-order chi connectivity index (χ1) is 12.3. The normalized spacial score (nSPS) is 10.8. The number of anilines is 2. The minimum atomic E-state index is -0.391. The fraction of sp³-hybridized carbons (Fsp3) is 0.316.